The molecule has 0 bridgehead atoms. The molecule has 0 saturated heterocycles. The first-order valence-electron chi connectivity index (χ1n) is 5.05. The molecule has 0 saturated carbocycles. The highest BCUT2D eigenvalue weighted by molar-refractivity contribution is 8.14. The van der Waals surface area contributed by atoms with Gasteiger partial charge in [0.25, 0.3) is 0 Å². The monoisotopic (exact) mass is 244 g/mol. The maximum absolute atomic E-state index is 11.8. The van der Waals surface area contributed by atoms with Crippen molar-refractivity contribution < 1.29 is 10.0 Å². The molecule has 5 heteroatoms. The van der Waals surface area contributed by atoms with E-state index in [1.165, 1.54) is 11.8 Å². The fourth-order valence-electron chi connectivity index (χ4n) is 1.33. The van der Waals surface area contributed by atoms with Crippen molar-refractivity contribution >= 4 is 22.7 Å². The van der Waals surface area contributed by atoms with Crippen LogP contribution in [0.4, 0.5) is 0 Å². The Bertz CT molecular complexity index is 282. The van der Waals surface area contributed by atoms with Gasteiger partial charge in [0.15, 0.2) is 0 Å². The fourth-order valence-corrected chi connectivity index (χ4v) is 2.31. The summed E-state index contributed by atoms with van der Waals surface area (Å²) in [5, 5.41) is 15.2. The van der Waals surface area contributed by atoms with Gasteiger partial charge in [-0.1, -0.05) is 32.0 Å². The summed E-state index contributed by atoms with van der Waals surface area (Å²) in [6, 6.07) is 0. The van der Waals surface area contributed by atoms with Crippen LogP contribution in [0.25, 0.3) is 0 Å². The van der Waals surface area contributed by atoms with E-state index in [0.29, 0.717) is 10.8 Å². The number of amides is 1. The molecule has 0 spiro atoms. The van der Waals surface area contributed by atoms with Crippen LogP contribution in [-0.2, 0) is 4.79 Å². The maximum atomic E-state index is 11.8. The zero-order chi connectivity index (χ0) is 12.8. The Morgan fingerprint density at radius 3 is 2.50 bits per heavy atom. The summed E-state index contributed by atoms with van der Waals surface area (Å²) >= 11 is 1.32. The molecule has 0 heterocycles. The van der Waals surface area contributed by atoms with Gasteiger partial charge in [-0.15, -0.1) is 18.3 Å². The van der Waals surface area contributed by atoms with Crippen molar-refractivity contribution in [3.05, 3.63) is 12.7 Å². The second kappa shape index (κ2) is 6.58. The van der Waals surface area contributed by atoms with E-state index in [4.69, 9.17) is 5.21 Å². The summed E-state index contributed by atoms with van der Waals surface area (Å²) < 4.78 is 0. The van der Waals surface area contributed by atoms with Crippen LogP contribution in [0.2, 0.25) is 0 Å². The molecule has 0 rings (SSSR count). The van der Waals surface area contributed by atoms with Crippen molar-refractivity contribution in [3.63, 3.8) is 0 Å². The number of hydrogen-bond donors (Lipinski definition) is 2. The van der Waals surface area contributed by atoms with Gasteiger partial charge in [0.1, 0.15) is 5.04 Å². The lowest BCUT2D eigenvalue weighted by Crippen LogP contribution is -2.40. The summed E-state index contributed by atoms with van der Waals surface area (Å²) in [4.78, 5) is 11.8. The molecule has 1 atom stereocenters. The number of carbonyl (C=O) groups is 1. The lowest BCUT2D eigenvalue weighted by atomic mass is 9.80. The molecular formula is C11H20N2O2S. The molecule has 1 amide bonds. The maximum Gasteiger partial charge on any atom is 0.230 e. The van der Waals surface area contributed by atoms with E-state index in [-0.39, 0.29) is 11.3 Å². The highest BCUT2D eigenvalue weighted by Gasteiger charge is 2.35. The Labute approximate surface area is 101 Å². The first-order valence-corrected chi connectivity index (χ1v) is 6.04. The second-order valence-corrected chi connectivity index (χ2v) is 5.49. The van der Waals surface area contributed by atoms with Crippen LogP contribution in [0.5, 0.6) is 0 Å². The van der Waals surface area contributed by atoms with Crippen LogP contribution in [0.3, 0.4) is 0 Å². The third kappa shape index (κ3) is 4.26. The topological polar surface area (TPSA) is 61.7 Å². The molecule has 0 aromatic rings. The van der Waals surface area contributed by atoms with Gasteiger partial charge in [-0.3, -0.25) is 4.79 Å². The summed E-state index contributed by atoms with van der Waals surface area (Å²) in [6.45, 7) is 9.41. The molecule has 92 valence electrons. The quantitative estimate of drug-likeness (QED) is 0.262. The third-order valence-corrected chi connectivity index (χ3v) is 3.08. The standard InChI is InChI=1S/C11H20N2O2S/c1-6-7-16-10(13-15)8(9(14)12-5)11(2,3)4/h6,8,15H,1,7H2,2-5H3,(H,12,14)/b13-10-. The smallest absolute Gasteiger partial charge is 0.230 e. The predicted molar refractivity (Wildman–Crippen MR) is 68.9 cm³/mol. The number of carbonyl (C=O) groups excluding carboxylic acids is 1. The molecule has 0 aliphatic rings. The lowest BCUT2D eigenvalue weighted by Gasteiger charge is -2.29. The van der Waals surface area contributed by atoms with Crippen molar-refractivity contribution in [3.8, 4) is 0 Å². The summed E-state index contributed by atoms with van der Waals surface area (Å²) in [6.07, 6.45) is 1.71. The first-order chi connectivity index (χ1) is 7.38. The molecule has 16 heavy (non-hydrogen) atoms. The van der Waals surface area contributed by atoms with Crippen molar-refractivity contribution in [1.82, 2.24) is 5.32 Å². The van der Waals surface area contributed by atoms with E-state index < -0.39 is 5.92 Å². The first kappa shape index (κ1) is 15.0. The number of rotatable bonds is 4. The average Bonchev–Trinajstić information content (AvgIpc) is 2.21. The molecule has 0 aliphatic carbocycles. The minimum absolute atomic E-state index is 0.142. The van der Waals surface area contributed by atoms with Crippen molar-refractivity contribution in [2.24, 2.45) is 16.5 Å². The summed E-state index contributed by atoms with van der Waals surface area (Å²) in [5.74, 6) is 0.0208. The van der Waals surface area contributed by atoms with E-state index in [0.717, 1.165) is 0 Å². The minimum Gasteiger partial charge on any atom is -0.410 e. The number of nitrogens with zero attached hydrogens (tertiary/aromatic N) is 1. The van der Waals surface area contributed by atoms with Crippen LogP contribution in [0.15, 0.2) is 17.8 Å². The average molecular weight is 244 g/mol. The van der Waals surface area contributed by atoms with Crippen molar-refractivity contribution in [2.45, 2.75) is 20.8 Å². The Morgan fingerprint density at radius 2 is 2.19 bits per heavy atom. The van der Waals surface area contributed by atoms with E-state index in [1.807, 2.05) is 20.8 Å². The molecule has 4 nitrogen and oxygen atoms in total. The van der Waals surface area contributed by atoms with E-state index >= 15 is 0 Å². The van der Waals surface area contributed by atoms with Gasteiger partial charge in [0, 0.05) is 12.8 Å². The number of thioether (sulfide) groups is 1. The molecule has 0 fully saturated rings. The second-order valence-electron chi connectivity index (χ2n) is 4.45. The number of nitrogens with one attached hydrogen (secondary N) is 1. The molecule has 0 aliphatic heterocycles. The predicted octanol–water partition coefficient (Wildman–Crippen LogP) is 2.10. The number of hydrogen-bond acceptors (Lipinski definition) is 4. The fraction of sp³-hybridized carbons (Fsp3) is 0.636. The molecule has 0 radical (unpaired) electrons. The van der Waals surface area contributed by atoms with Crippen LogP contribution >= 0.6 is 11.8 Å². The van der Waals surface area contributed by atoms with Crippen LogP contribution in [-0.4, -0.2) is 29.0 Å². The van der Waals surface area contributed by atoms with Gasteiger partial charge >= 0.3 is 0 Å². The van der Waals surface area contributed by atoms with Gasteiger partial charge in [-0.25, -0.2) is 0 Å². The van der Waals surface area contributed by atoms with Crippen LogP contribution in [0, 0.1) is 11.3 Å². The normalized spacial score (nSPS) is 14.4. The largest absolute Gasteiger partial charge is 0.410 e. The minimum atomic E-state index is -0.451. The molecule has 0 aromatic carbocycles. The van der Waals surface area contributed by atoms with Gasteiger partial charge in [0.2, 0.25) is 5.91 Å². The molecule has 2 N–H and O–H groups in total. The van der Waals surface area contributed by atoms with E-state index in [9.17, 15) is 4.79 Å². The van der Waals surface area contributed by atoms with E-state index in [1.54, 1.807) is 13.1 Å². The third-order valence-electron chi connectivity index (χ3n) is 2.07. The van der Waals surface area contributed by atoms with Gasteiger partial charge < -0.3 is 10.5 Å². The highest BCUT2D eigenvalue weighted by Crippen LogP contribution is 2.31. The van der Waals surface area contributed by atoms with Crippen molar-refractivity contribution in [2.75, 3.05) is 12.8 Å². The Kier molecular flexibility index (Phi) is 6.18. The Hall–Kier alpha value is -0.970. The molecule has 0 aromatic heterocycles. The SMILES string of the molecule is C=CCS/C(=N\O)C(C(=O)NC)C(C)(C)C. The Balaban J connectivity index is 5.00. The van der Waals surface area contributed by atoms with Crippen molar-refractivity contribution in [1.29, 1.82) is 0 Å². The molecular weight excluding hydrogens is 224 g/mol. The molecule has 1 unspecified atom stereocenters. The van der Waals surface area contributed by atoms with Crippen LogP contribution < -0.4 is 5.32 Å². The summed E-state index contributed by atoms with van der Waals surface area (Å²) in [5.41, 5.74) is -0.296. The lowest BCUT2D eigenvalue weighted by molar-refractivity contribution is -0.124. The van der Waals surface area contributed by atoms with Gasteiger partial charge in [0.05, 0.1) is 5.92 Å². The zero-order valence-electron chi connectivity index (χ0n) is 10.3. The zero-order valence-corrected chi connectivity index (χ0v) is 11.1. The van der Waals surface area contributed by atoms with Gasteiger partial charge in [-0.2, -0.15) is 0 Å². The Morgan fingerprint density at radius 1 is 1.62 bits per heavy atom. The van der Waals surface area contributed by atoms with Crippen LogP contribution in [0.1, 0.15) is 20.8 Å². The summed E-state index contributed by atoms with van der Waals surface area (Å²) in [7, 11) is 1.58. The number of oxime groups is 1. The highest BCUT2D eigenvalue weighted by atomic mass is 32.2. The van der Waals surface area contributed by atoms with Gasteiger partial charge in [-0.05, 0) is 5.41 Å². The van der Waals surface area contributed by atoms with E-state index in [2.05, 4.69) is 17.1 Å².